The van der Waals surface area contributed by atoms with Gasteiger partial charge in [0.15, 0.2) is 0 Å². The van der Waals surface area contributed by atoms with E-state index >= 15 is 0 Å². The Labute approximate surface area is 190 Å². The first kappa shape index (κ1) is 20.6. The first-order valence-electron chi connectivity index (χ1n) is 10.1. The van der Waals surface area contributed by atoms with Gasteiger partial charge in [-0.05, 0) is 114 Å². The van der Waals surface area contributed by atoms with E-state index < -0.39 is 0 Å². The summed E-state index contributed by atoms with van der Waals surface area (Å²) < 4.78 is 1.24. The average molecular weight is 519 g/mol. The van der Waals surface area contributed by atoms with Crippen molar-refractivity contribution in [2.24, 2.45) is 11.8 Å². The standard InChI is InChI=1S/C24H24ClIN2O/c1-15(24(29)28-20-9-6-18(25)7-10-20)16-2-4-17(5-3-16)21-12-13-27-23-11-8-19(26)14-22(21)23/h6-17H,2-5H2,1H3,(H,28,29). The van der Waals surface area contributed by atoms with Crippen LogP contribution >= 0.6 is 34.2 Å². The topological polar surface area (TPSA) is 42.0 Å². The molecule has 1 aromatic heterocycles. The molecule has 1 aliphatic rings. The number of benzene rings is 2. The number of hydrogen-bond donors (Lipinski definition) is 1. The van der Waals surface area contributed by atoms with Crippen LogP contribution < -0.4 is 5.32 Å². The van der Waals surface area contributed by atoms with Crippen molar-refractivity contribution < 1.29 is 4.79 Å². The van der Waals surface area contributed by atoms with Gasteiger partial charge in [0.25, 0.3) is 0 Å². The lowest BCUT2D eigenvalue weighted by molar-refractivity contribution is -0.121. The summed E-state index contributed by atoms with van der Waals surface area (Å²) in [6.45, 7) is 2.06. The van der Waals surface area contributed by atoms with Crippen LogP contribution in [-0.4, -0.2) is 10.9 Å². The number of carbonyl (C=O) groups excluding carboxylic acids is 1. The lowest BCUT2D eigenvalue weighted by Gasteiger charge is -2.32. The highest BCUT2D eigenvalue weighted by atomic mass is 127. The van der Waals surface area contributed by atoms with Crippen LogP contribution in [0, 0.1) is 15.4 Å². The van der Waals surface area contributed by atoms with Crippen molar-refractivity contribution in [2.75, 3.05) is 5.32 Å². The molecule has 2 aromatic carbocycles. The molecule has 5 heteroatoms. The van der Waals surface area contributed by atoms with E-state index in [1.54, 1.807) is 12.1 Å². The zero-order chi connectivity index (χ0) is 20.4. The Kier molecular flexibility index (Phi) is 6.40. The van der Waals surface area contributed by atoms with Gasteiger partial charge >= 0.3 is 0 Å². The van der Waals surface area contributed by atoms with Crippen molar-refractivity contribution >= 4 is 56.7 Å². The summed E-state index contributed by atoms with van der Waals surface area (Å²) in [5.41, 5.74) is 3.28. The molecule has 0 aliphatic heterocycles. The van der Waals surface area contributed by atoms with Crippen molar-refractivity contribution in [3.05, 3.63) is 68.9 Å². The molecule has 1 amide bonds. The van der Waals surface area contributed by atoms with Gasteiger partial charge in [-0.25, -0.2) is 0 Å². The van der Waals surface area contributed by atoms with Crippen molar-refractivity contribution in [3.63, 3.8) is 0 Å². The van der Waals surface area contributed by atoms with Crippen molar-refractivity contribution in [1.29, 1.82) is 0 Å². The van der Waals surface area contributed by atoms with E-state index in [-0.39, 0.29) is 11.8 Å². The molecule has 0 spiro atoms. The van der Waals surface area contributed by atoms with Crippen molar-refractivity contribution in [3.8, 4) is 0 Å². The highest BCUT2D eigenvalue weighted by Gasteiger charge is 2.30. The molecule has 1 heterocycles. The number of anilines is 1. The summed E-state index contributed by atoms with van der Waals surface area (Å²) in [5, 5.41) is 4.98. The van der Waals surface area contributed by atoms with E-state index in [2.05, 4.69) is 64.1 Å². The second-order valence-electron chi connectivity index (χ2n) is 7.96. The SMILES string of the molecule is CC(C(=O)Nc1ccc(Cl)cc1)C1CCC(c2ccnc3ccc(I)cc23)CC1. The second kappa shape index (κ2) is 9.00. The third kappa shape index (κ3) is 4.75. The second-order valence-corrected chi connectivity index (χ2v) is 9.64. The Hall–Kier alpha value is -1.66. The number of carbonyl (C=O) groups is 1. The van der Waals surface area contributed by atoms with Crippen LogP contribution in [-0.2, 0) is 4.79 Å². The van der Waals surface area contributed by atoms with Crippen LogP contribution in [0.1, 0.15) is 44.1 Å². The molecule has 1 aliphatic carbocycles. The molecule has 1 saturated carbocycles. The smallest absolute Gasteiger partial charge is 0.227 e. The van der Waals surface area contributed by atoms with Crippen LogP contribution in [0.5, 0.6) is 0 Å². The number of nitrogens with one attached hydrogen (secondary N) is 1. The average Bonchev–Trinajstić information content (AvgIpc) is 2.74. The molecule has 3 nitrogen and oxygen atoms in total. The third-order valence-corrected chi connectivity index (χ3v) is 7.10. The summed E-state index contributed by atoms with van der Waals surface area (Å²) in [7, 11) is 0. The summed E-state index contributed by atoms with van der Waals surface area (Å²) in [6, 6.07) is 15.9. The van der Waals surface area contributed by atoms with Gasteiger partial charge in [-0.2, -0.15) is 0 Å². The number of fused-ring (bicyclic) bond motifs is 1. The molecule has 29 heavy (non-hydrogen) atoms. The summed E-state index contributed by atoms with van der Waals surface area (Å²) in [4.78, 5) is 17.2. The molecule has 0 saturated heterocycles. The molecule has 0 bridgehead atoms. The highest BCUT2D eigenvalue weighted by Crippen LogP contribution is 2.41. The van der Waals surface area contributed by atoms with E-state index in [1.807, 2.05) is 18.3 Å². The maximum atomic E-state index is 12.7. The lowest BCUT2D eigenvalue weighted by Crippen LogP contribution is -2.29. The molecule has 3 aromatic rings. The van der Waals surface area contributed by atoms with E-state index in [4.69, 9.17) is 11.6 Å². The molecule has 1 N–H and O–H groups in total. The number of aromatic nitrogens is 1. The molecule has 150 valence electrons. The van der Waals surface area contributed by atoms with E-state index in [0.717, 1.165) is 36.9 Å². The quantitative estimate of drug-likeness (QED) is 0.376. The number of amides is 1. The number of halogens is 2. The van der Waals surface area contributed by atoms with Gasteiger partial charge in [0.2, 0.25) is 5.91 Å². The predicted octanol–water partition coefficient (Wildman–Crippen LogP) is 7.04. The van der Waals surface area contributed by atoms with Gasteiger partial charge in [0.05, 0.1) is 5.52 Å². The highest BCUT2D eigenvalue weighted by molar-refractivity contribution is 14.1. The monoisotopic (exact) mass is 518 g/mol. The zero-order valence-corrected chi connectivity index (χ0v) is 19.3. The first-order chi connectivity index (χ1) is 14.0. The molecule has 0 radical (unpaired) electrons. The fourth-order valence-electron chi connectivity index (χ4n) is 4.43. The Morgan fingerprint density at radius 2 is 1.83 bits per heavy atom. The Bertz CT molecular complexity index is 1010. The maximum Gasteiger partial charge on any atom is 0.227 e. The van der Waals surface area contributed by atoms with Gasteiger partial charge < -0.3 is 5.32 Å². The van der Waals surface area contributed by atoms with E-state index in [1.165, 1.54) is 14.5 Å². The summed E-state index contributed by atoms with van der Waals surface area (Å²) in [6.07, 6.45) is 6.32. The summed E-state index contributed by atoms with van der Waals surface area (Å²) >= 11 is 8.29. The fraction of sp³-hybridized carbons (Fsp3) is 0.333. The van der Waals surface area contributed by atoms with Crippen LogP contribution in [0.25, 0.3) is 10.9 Å². The number of rotatable bonds is 4. The third-order valence-electron chi connectivity index (χ3n) is 6.18. The van der Waals surface area contributed by atoms with Gasteiger partial charge in [-0.15, -0.1) is 0 Å². The van der Waals surface area contributed by atoms with Crippen LogP contribution in [0.2, 0.25) is 5.02 Å². The molecular formula is C24H24ClIN2O. The van der Waals surface area contributed by atoms with Gasteiger partial charge in [0, 0.05) is 31.8 Å². The minimum Gasteiger partial charge on any atom is -0.326 e. The Balaban J connectivity index is 1.41. The number of nitrogens with zero attached hydrogens (tertiary/aromatic N) is 1. The van der Waals surface area contributed by atoms with Crippen molar-refractivity contribution in [1.82, 2.24) is 4.98 Å². The normalized spacial score (nSPS) is 20.4. The summed E-state index contributed by atoms with van der Waals surface area (Å²) in [5.74, 6) is 1.06. The van der Waals surface area contributed by atoms with Gasteiger partial charge in [0.1, 0.15) is 0 Å². The van der Waals surface area contributed by atoms with Crippen LogP contribution in [0.3, 0.4) is 0 Å². The lowest BCUT2D eigenvalue weighted by atomic mass is 9.73. The minimum atomic E-state index is 0.00163. The minimum absolute atomic E-state index is 0.00163. The van der Waals surface area contributed by atoms with Crippen molar-refractivity contribution in [2.45, 2.75) is 38.5 Å². The van der Waals surface area contributed by atoms with E-state index in [9.17, 15) is 4.79 Å². The number of pyridine rings is 1. The zero-order valence-electron chi connectivity index (χ0n) is 16.4. The number of hydrogen-bond acceptors (Lipinski definition) is 2. The molecule has 1 fully saturated rings. The van der Waals surface area contributed by atoms with Crippen LogP contribution in [0.15, 0.2) is 54.7 Å². The van der Waals surface area contributed by atoms with Gasteiger partial charge in [-0.1, -0.05) is 18.5 Å². The Morgan fingerprint density at radius 1 is 1.10 bits per heavy atom. The molecule has 1 atom stereocenters. The molecular weight excluding hydrogens is 495 g/mol. The van der Waals surface area contributed by atoms with E-state index in [0.29, 0.717) is 16.9 Å². The molecule has 4 rings (SSSR count). The van der Waals surface area contributed by atoms with Crippen LogP contribution in [0.4, 0.5) is 5.69 Å². The fourth-order valence-corrected chi connectivity index (χ4v) is 5.05. The Morgan fingerprint density at radius 3 is 2.55 bits per heavy atom. The predicted molar refractivity (Wildman–Crippen MR) is 128 cm³/mol. The largest absolute Gasteiger partial charge is 0.326 e. The molecule has 1 unspecified atom stereocenters. The maximum absolute atomic E-state index is 12.7. The first-order valence-corrected chi connectivity index (χ1v) is 11.6. The van der Waals surface area contributed by atoms with Gasteiger partial charge in [-0.3, -0.25) is 9.78 Å².